The number of hydrogen-bond donors (Lipinski definition) is 1. The van der Waals surface area contributed by atoms with Crippen LogP contribution in [0.3, 0.4) is 0 Å². The van der Waals surface area contributed by atoms with Gasteiger partial charge in [0.05, 0.1) is 23.7 Å². The topological polar surface area (TPSA) is 36.4 Å². The van der Waals surface area contributed by atoms with Gasteiger partial charge in [-0.3, -0.25) is 4.98 Å². The van der Waals surface area contributed by atoms with E-state index in [1.807, 2.05) is 19.2 Å². The van der Waals surface area contributed by atoms with E-state index in [4.69, 9.17) is 0 Å². The Balaban J connectivity index is 2.06. The van der Waals surface area contributed by atoms with E-state index in [1.54, 1.807) is 0 Å². The second-order valence-corrected chi connectivity index (χ2v) is 5.06. The smallest absolute Gasteiger partial charge is 0.0957 e. The summed E-state index contributed by atoms with van der Waals surface area (Å²) in [5, 5.41) is 9.70. The van der Waals surface area contributed by atoms with E-state index in [1.165, 1.54) is 18.5 Å². The molecule has 0 amide bonds. The summed E-state index contributed by atoms with van der Waals surface area (Å²) in [4.78, 5) is 6.75. The summed E-state index contributed by atoms with van der Waals surface area (Å²) in [5.41, 5.74) is 1.96. The Bertz CT molecular complexity index is 350. The molecule has 0 saturated carbocycles. The molecular weight excluding hydrogens is 212 g/mol. The first kappa shape index (κ1) is 12.4. The standard InChI is InChI=1S/C14H22N2O/c1-3-14(17)13-7-6-12(9-15-13)16-8-4-5-11(2)10-16/h6-7,9,11,14,17H,3-5,8,10H2,1-2H3/t11?,14-/m1/s1. The largest absolute Gasteiger partial charge is 0.387 e. The zero-order chi connectivity index (χ0) is 12.3. The maximum Gasteiger partial charge on any atom is 0.0957 e. The first-order valence-electron chi connectivity index (χ1n) is 6.59. The van der Waals surface area contributed by atoms with Gasteiger partial charge >= 0.3 is 0 Å². The first-order chi connectivity index (χ1) is 8.20. The van der Waals surface area contributed by atoms with Gasteiger partial charge in [0.2, 0.25) is 0 Å². The summed E-state index contributed by atoms with van der Waals surface area (Å²) in [6, 6.07) is 4.03. The molecule has 1 unspecified atom stereocenters. The van der Waals surface area contributed by atoms with Gasteiger partial charge in [-0.2, -0.15) is 0 Å². The maximum absolute atomic E-state index is 9.70. The average molecular weight is 234 g/mol. The molecule has 0 spiro atoms. The van der Waals surface area contributed by atoms with Crippen molar-refractivity contribution in [2.75, 3.05) is 18.0 Å². The van der Waals surface area contributed by atoms with Crippen LogP contribution < -0.4 is 4.90 Å². The van der Waals surface area contributed by atoms with Crippen molar-refractivity contribution in [3.63, 3.8) is 0 Å². The monoisotopic (exact) mass is 234 g/mol. The summed E-state index contributed by atoms with van der Waals surface area (Å²) in [7, 11) is 0. The minimum absolute atomic E-state index is 0.427. The minimum atomic E-state index is -0.427. The Kier molecular flexibility index (Phi) is 4.00. The van der Waals surface area contributed by atoms with Crippen molar-refractivity contribution in [2.45, 2.75) is 39.2 Å². The van der Waals surface area contributed by atoms with Gasteiger partial charge in [0.1, 0.15) is 0 Å². The van der Waals surface area contributed by atoms with Crippen molar-refractivity contribution in [1.29, 1.82) is 0 Å². The third kappa shape index (κ3) is 2.97. The second-order valence-electron chi connectivity index (χ2n) is 5.06. The Morgan fingerprint density at radius 3 is 2.94 bits per heavy atom. The number of aromatic nitrogens is 1. The molecule has 2 rings (SSSR count). The molecule has 0 aromatic carbocycles. The van der Waals surface area contributed by atoms with Gasteiger partial charge in [-0.05, 0) is 37.3 Å². The third-order valence-corrected chi connectivity index (χ3v) is 3.52. The lowest BCUT2D eigenvalue weighted by molar-refractivity contribution is 0.169. The molecule has 1 N–H and O–H groups in total. The molecule has 1 aromatic heterocycles. The van der Waals surface area contributed by atoms with Crippen LogP contribution >= 0.6 is 0 Å². The summed E-state index contributed by atoms with van der Waals surface area (Å²) < 4.78 is 0. The van der Waals surface area contributed by atoms with E-state index >= 15 is 0 Å². The van der Waals surface area contributed by atoms with Crippen LogP contribution in [-0.2, 0) is 0 Å². The number of hydrogen-bond acceptors (Lipinski definition) is 3. The maximum atomic E-state index is 9.70. The van der Waals surface area contributed by atoms with Crippen LogP contribution in [0.1, 0.15) is 44.9 Å². The Labute approximate surface area is 103 Å². The van der Waals surface area contributed by atoms with Gasteiger partial charge in [-0.1, -0.05) is 13.8 Å². The number of aliphatic hydroxyl groups is 1. The summed E-state index contributed by atoms with van der Waals surface area (Å²) in [6.07, 6.45) is 4.78. The van der Waals surface area contributed by atoms with Crippen molar-refractivity contribution in [1.82, 2.24) is 4.98 Å². The summed E-state index contributed by atoms with van der Waals surface area (Å²) in [6.45, 7) is 6.51. The predicted octanol–water partition coefficient (Wildman–Crippen LogP) is 2.76. The number of rotatable bonds is 3. The van der Waals surface area contributed by atoms with Crippen LogP contribution in [0.15, 0.2) is 18.3 Å². The van der Waals surface area contributed by atoms with Crippen molar-refractivity contribution in [2.24, 2.45) is 5.92 Å². The van der Waals surface area contributed by atoms with Crippen LogP contribution in [-0.4, -0.2) is 23.2 Å². The fraction of sp³-hybridized carbons (Fsp3) is 0.643. The van der Waals surface area contributed by atoms with Gasteiger partial charge in [0.25, 0.3) is 0 Å². The highest BCUT2D eigenvalue weighted by molar-refractivity contribution is 5.45. The quantitative estimate of drug-likeness (QED) is 0.873. The molecule has 94 valence electrons. The Morgan fingerprint density at radius 1 is 1.53 bits per heavy atom. The highest BCUT2D eigenvalue weighted by atomic mass is 16.3. The van der Waals surface area contributed by atoms with Crippen LogP contribution in [0.5, 0.6) is 0 Å². The summed E-state index contributed by atoms with van der Waals surface area (Å²) in [5.74, 6) is 0.768. The van der Waals surface area contributed by atoms with E-state index in [0.717, 1.165) is 24.7 Å². The fourth-order valence-corrected chi connectivity index (χ4v) is 2.41. The van der Waals surface area contributed by atoms with E-state index in [0.29, 0.717) is 6.42 Å². The van der Waals surface area contributed by atoms with Gasteiger partial charge in [0, 0.05) is 13.1 Å². The Morgan fingerprint density at radius 2 is 2.35 bits per heavy atom. The fourth-order valence-electron chi connectivity index (χ4n) is 2.41. The van der Waals surface area contributed by atoms with E-state index < -0.39 is 6.10 Å². The number of anilines is 1. The van der Waals surface area contributed by atoms with E-state index in [2.05, 4.69) is 22.9 Å². The summed E-state index contributed by atoms with van der Waals surface area (Å²) >= 11 is 0. The molecule has 1 aromatic rings. The molecule has 3 nitrogen and oxygen atoms in total. The lowest BCUT2D eigenvalue weighted by Crippen LogP contribution is -2.34. The van der Waals surface area contributed by atoms with Crippen molar-refractivity contribution >= 4 is 5.69 Å². The minimum Gasteiger partial charge on any atom is -0.387 e. The molecule has 17 heavy (non-hydrogen) atoms. The molecule has 3 heteroatoms. The van der Waals surface area contributed by atoms with E-state index in [9.17, 15) is 5.11 Å². The first-order valence-corrected chi connectivity index (χ1v) is 6.59. The SMILES string of the molecule is CC[C@@H](O)c1ccc(N2CCCC(C)C2)cn1. The van der Waals surface area contributed by atoms with Crippen molar-refractivity contribution in [3.8, 4) is 0 Å². The molecule has 0 bridgehead atoms. The molecule has 1 aliphatic heterocycles. The molecule has 2 atom stereocenters. The van der Waals surface area contributed by atoms with Crippen LogP contribution in [0.2, 0.25) is 0 Å². The number of piperidine rings is 1. The highest BCUT2D eigenvalue weighted by Gasteiger charge is 2.17. The molecule has 1 saturated heterocycles. The zero-order valence-electron chi connectivity index (χ0n) is 10.8. The van der Waals surface area contributed by atoms with E-state index in [-0.39, 0.29) is 0 Å². The number of aliphatic hydroxyl groups excluding tert-OH is 1. The molecule has 0 radical (unpaired) electrons. The molecule has 2 heterocycles. The van der Waals surface area contributed by atoms with Crippen LogP contribution in [0.25, 0.3) is 0 Å². The van der Waals surface area contributed by atoms with Crippen LogP contribution in [0, 0.1) is 5.92 Å². The van der Waals surface area contributed by atoms with Gasteiger partial charge in [-0.25, -0.2) is 0 Å². The zero-order valence-corrected chi connectivity index (χ0v) is 10.8. The molecule has 0 aliphatic carbocycles. The third-order valence-electron chi connectivity index (χ3n) is 3.52. The average Bonchev–Trinajstić information content (AvgIpc) is 2.38. The molecule has 1 fully saturated rings. The number of nitrogens with zero attached hydrogens (tertiary/aromatic N) is 2. The van der Waals surface area contributed by atoms with Crippen molar-refractivity contribution < 1.29 is 5.11 Å². The second kappa shape index (κ2) is 5.50. The number of pyridine rings is 1. The normalized spacial score (nSPS) is 22.5. The molecule has 1 aliphatic rings. The van der Waals surface area contributed by atoms with Gasteiger partial charge in [-0.15, -0.1) is 0 Å². The lowest BCUT2D eigenvalue weighted by Gasteiger charge is -2.32. The van der Waals surface area contributed by atoms with Gasteiger partial charge in [0.15, 0.2) is 0 Å². The predicted molar refractivity (Wildman–Crippen MR) is 70.1 cm³/mol. The van der Waals surface area contributed by atoms with Crippen LogP contribution in [0.4, 0.5) is 5.69 Å². The lowest BCUT2D eigenvalue weighted by atomic mass is 10.00. The molecular formula is C14H22N2O. The van der Waals surface area contributed by atoms with Crippen molar-refractivity contribution in [3.05, 3.63) is 24.0 Å². The highest BCUT2D eigenvalue weighted by Crippen LogP contribution is 2.23. The van der Waals surface area contributed by atoms with Gasteiger partial charge < -0.3 is 10.0 Å². The Hall–Kier alpha value is -1.09.